The van der Waals surface area contributed by atoms with Crippen LogP contribution >= 0.6 is 0 Å². The number of nitrogens with one attached hydrogen (secondary N) is 1. The lowest BCUT2D eigenvalue weighted by atomic mass is 10.1. The number of carboxylic acids is 1. The van der Waals surface area contributed by atoms with Gasteiger partial charge in [-0.3, -0.25) is 10.1 Å². The molecule has 0 aromatic carbocycles. The van der Waals surface area contributed by atoms with Crippen LogP contribution in [-0.4, -0.2) is 38.7 Å². The Hall–Kier alpha value is -2.22. The Morgan fingerprint density at radius 3 is 2.70 bits per heavy atom. The molecule has 0 aliphatic rings. The second-order valence-electron chi connectivity index (χ2n) is 4.81. The van der Waals surface area contributed by atoms with Crippen molar-refractivity contribution in [3.05, 3.63) is 27.9 Å². The van der Waals surface area contributed by atoms with E-state index in [1.807, 2.05) is 13.8 Å². The average Bonchev–Trinajstić information content (AvgIpc) is 2.35. The second-order valence-corrected chi connectivity index (χ2v) is 4.81. The number of hydrogen-bond donors (Lipinski definition) is 3. The van der Waals surface area contributed by atoms with E-state index in [0.717, 1.165) is 12.3 Å². The number of rotatable bonds is 7. The number of carboxylic acid groups (broad SMARTS) is 1. The maximum Gasteiger partial charge on any atom is 0.342 e. The molecule has 0 aliphatic carbocycles. The first-order valence-corrected chi connectivity index (χ1v) is 6.11. The first-order chi connectivity index (χ1) is 9.31. The van der Waals surface area contributed by atoms with Gasteiger partial charge in [-0.15, -0.1) is 0 Å². The van der Waals surface area contributed by atoms with Crippen molar-refractivity contribution >= 4 is 17.5 Å². The molecule has 0 saturated carbocycles. The third-order valence-corrected chi connectivity index (χ3v) is 2.57. The summed E-state index contributed by atoms with van der Waals surface area (Å²) in [6, 6.07) is 1.09. The van der Waals surface area contributed by atoms with Gasteiger partial charge in [0.15, 0.2) is 0 Å². The molecule has 110 valence electrons. The molecule has 1 aromatic heterocycles. The van der Waals surface area contributed by atoms with E-state index >= 15 is 0 Å². The molecular weight excluding hydrogens is 266 g/mol. The van der Waals surface area contributed by atoms with Crippen LogP contribution in [-0.2, 0) is 0 Å². The number of nitro groups is 1. The molecular formula is C12H17N3O5. The van der Waals surface area contributed by atoms with Gasteiger partial charge in [0.25, 0.3) is 0 Å². The summed E-state index contributed by atoms with van der Waals surface area (Å²) in [4.78, 5) is 24.6. The third-order valence-electron chi connectivity index (χ3n) is 2.57. The van der Waals surface area contributed by atoms with E-state index in [4.69, 9.17) is 5.11 Å². The molecule has 0 saturated heterocycles. The van der Waals surface area contributed by atoms with Crippen LogP contribution in [0.5, 0.6) is 0 Å². The monoisotopic (exact) mass is 283 g/mol. The van der Waals surface area contributed by atoms with Crippen LogP contribution in [0.25, 0.3) is 0 Å². The fourth-order valence-corrected chi connectivity index (χ4v) is 1.71. The predicted octanol–water partition coefficient (Wildman–Crippen LogP) is 1.51. The minimum absolute atomic E-state index is 0.177. The normalized spacial score (nSPS) is 12.2. The molecule has 1 unspecified atom stereocenters. The maximum atomic E-state index is 11.0. The Kier molecular flexibility index (Phi) is 5.39. The number of carbonyl (C=O) groups is 1. The van der Waals surface area contributed by atoms with Crippen LogP contribution in [0.15, 0.2) is 12.3 Å². The maximum absolute atomic E-state index is 11.0. The largest absolute Gasteiger partial charge is 0.477 e. The van der Waals surface area contributed by atoms with Gasteiger partial charge in [0.05, 0.1) is 11.0 Å². The van der Waals surface area contributed by atoms with Gasteiger partial charge in [-0.2, -0.15) is 0 Å². The summed E-state index contributed by atoms with van der Waals surface area (Å²) in [7, 11) is 0. The number of nitrogens with zero attached hydrogens (tertiary/aromatic N) is 2. The van der Waals surface area contributed by atoms with Crippen molar-refractivity contribution in [1.29, 1.82) is 0 Å². The number of pyridine rings is 1. The fraction of sp³-hybridized carbons (Fsp3) is 0.500. The van der Waals surface area contributed by atoms with Crippen molar-refractivity contribution < 1.29 is 19.9 Å². The minimum atomic E-state index is -1.40. The molecule has 8 heteroatoms. The van der Waals surface area contributed by atoms with E-state index in [2.05, 4.69) is 10.3 Å². The Balaban J connectivity index is 2.80. The highest BCUT2D eigenvalue weighted by Crippen LogP contribution is 2.20. The molecule has 0 fully saturated rings. The first-order valence-electron chi connectivity index (χ1n) is 6.11. The summed E-state index contributed by atoms with van der Waals surface area (Å²) < 4.78 is 0. The number of aromatic nitrogens is 1. The molecule has 1 atom stereocenters. The SMILES string of the molecule is CC(C)CC(O)CNc1cc(C(=O)O)c([N+](=O)[O-])cn1. The minimum Gasteiger partial charge on any atom is -0.477 e. The van der Waals surface area contributed by atoms with Crippen LogP contribution in [0.4, 0.5) is 11.5 Å². The predicted molar refractivity (Wildman–Crippen MR) is 71.8 cm³/mol. The summed E-state index contributed by atoms with van der Waals surface area (Å²) in [5.41, 5.74) is -1.00. The molecule has 0 spiro atoms. The van der Waals surface area contributed by atoms with E-state index in [0.29, 0.717) is 12.3 Å². The van der Waals surface area contributed by atoms with Crippen molar-refractivity contribution in [2.45, 2.75) is 26.4 Å². The fourth-order valence-electron chi connectivity index (χ4n) is 1.71. The highest BCUT2D eigenvalue weighted by molar-refractivity contribution is 5.93. The van der Waals surface area contributed by atoms with E-state index < -0.39 is 28.2 Å². The lowest BCUT2D eigenvalue weighted by molar-refractivity contribution is -0.385. The van der Waals surface area contributed by atoms with Crippen molar-refractivity contribution in [3.8, 4) is 0 Å². The number of aliphatic hydroxyl groups is 1. The number of anilines is 1. The third kappa shape index (κ3) is 4.47. The van der Waals surface area contributed by atoms with Crippen LogP contribution in [0.2, 0.25) is 0 Å². The van der Waals surface area contributed by atoms with E-state index in [-0.39, 0.29) is 12.4 Å². The quantitative estimate of drug-likeness (QED) is 0.511. The zero-order valence-electron chi connectivity index (χ0n) is 11.2. The molecule has 8 nitrogen and oxygen atoms in total. The molecule has 1 heterocycles. The number of aromatic carboxylic acids is 1. The number of hydrogen-bond acceptors (Lipinski definition) is 6. The lowest BCUT2D eigenvalue weighted by Gasteiger charge is -2.14. The van der Waals surface area contributed by atoms with E-state index in [1.165, 1.54) is 0 Å². The van der Waals surface area contributed by atoms with Gasteiger partial charge in [-0.1, -0.05) is 13.8 Å². The van der Waals surface area contributed by atoms with Gasteiger partial charge in [-0.05, 0) is 12.3 Å². The molecule has 0 bridgehead atoms. The van der Waals surface area contributed by atoms with Crippen molar-refractivity contribution in [2.24, 2.45) is 5.92 Å². The highest BCUT2D eigenvalue weighted by Gasteiger charge is 2.21. The summed E-state index contributed by atoms with van der Waals surface area (Å²) in [6.45, 7) is 4.13. The Morgan fingerprint density at radius 1 is 1.55 bits per heavy atom. The van der Waals surface area contributed by atoms with Crippen molar-refractivity contribution in [1.82, 2.24) is 4.98 Å². The standard InChI is InChI=1S/C12H17N3O5/c1-7(2)3-8(16)5-13-11-4-9(12(17)18)10(6-14-11)15(19)20/h4,6-8,16H,3,5H2,1-2H3,(H,13,14)(H,17,18). The molecule has 1 aromatic rings. The topological polar surface area (TPSA) is 126 Å². The van der Waals surface area contributed by atoms with Crippen molar-refractivity contribution in [3.63, 3.8) is 0 Å². The molecule has 0 amide bonds. The van der Waals surface area contributed by atoms with Gasteiger partial charge in [0.1, 0.15) is 17.6 Å². The van der Waals surface area contributed by atoms with Crippen LogP contribution < -0.4 is 5.32 Å². The summed E-state index contributed by atoms with van der Waals surface area (Å²) in [5.74, 6) is -0.896. The average molecular weight is 283 g/mol. The molecule has 0 aliphatic heterocycles. The highest BCUT2D eigenvalue weighted by atomic mass is 16.6. The van der Waals surface area contributed by atoms with Gasteiger partial charge >= 0.3 is 11.7 Å². The Labute approximate surface area is 115 Å². The zero-order chi connectivity index (χ0) is 15.3. The zero-order valence-corrected chi connectivity index (χ0v) is 11.2. The summed E-state index contributed by atoms with van der Waals surface area (Å²) >= 11 is 0. The molecule has 0 radical (unpaired) electrons. The number of aliphatic hydroxyl groups excluding tert-OH is 1. The molecule has 20 heavy (non-hydrogen) atoms. The molecule has 1 rings (SSSR count). The van der Waals surface area contributed by atoms with Gasteiger partial charge < -0.3 is 15.5 Å². The Morgan fingerprint density at radius 2 is 2.20 bits per heavy atom. The molecule has 3 N–H and O–H groups in total. The summed E-state index contributed by atoms with van der Waals surface area (Å²) in [6.07, 6.45) is 0.882. The van der Waals surface area contributed by atoms with Gasteiger partial charge in [0.2, 0.25) is 0 Å². The van der Waals surface area contributed by atoms with Crippen LogP contribution in [0, 0.1) is 16.0 Å². The Bertz CT molecular complexity index is 504. The lowest BCUT2D eigenvalue weighted by Crippen LogP contribution is -2.21. The smallest absolute Gasteiger partial charge is 0.342 e. The van der Waals surface area contributed by atoms with Crippen molar-refractivity contribution in [2.75, 3.05) is 11.9 Å². The van der Waals surface area contributed by atoms with Gasteiger partial charge in [0, 0.05) is 12.6 Å². The summed E-state index contributed by atoms with van der Waals surface area (Å²) in [5, 5.41) is 32.0. The van der Waals surface area contributed by atoms with E-state index in [9.17, 15) is 20.0 Å². The van der Waals surface area contributed by atoms with E-state index in [1.54, 1.807) is 0 Å². The van der Waals surface area contributed by atoms with Crippen LogP contribution in [0.1, 0.15) is 30.6 Å². The van der Waals surface area contributed by atoms with Crippen LogP contribution in [0.3, 0.4) is 0 Å². The van der Waals surface area contributed by atoms with Gasteiger partial charge in [-0.25, -0.2) is 9.78 Å². The second kappa shape index (κ2) is 6.80. The first kappa shape index (κ1) is 15.8.